The molecule has 7 heteroatoms. The largest absolute Gasteiger partial charge is 0.267 e. The summed E-state index contributed by atoms with van der Waals surface area (Å²) in [7, 11) is -3.79. The van der Waals surface area contributed by atoms with Gasteiger partial charge in [0.2, 0.25) is 0 Å². The molecular weight excluding hydrogens is 197 g/mol. The van der Waals surface area contributed by atoms with Crippen LogP contribution in [0.15, 0.2) is 0 Å². The van der Waals surface area contributed by atoms with Crippen molar-refractivity contribution in [2.75, 3.05) is 19.5 Å². The first kappa shape index (κ1) is 11.7. The quantitative estimate of drug-likeness (QED) is 0.619. The van der Waals surface area contributed by atoms with E-state index in [4.69, 9.17) is 0 Å². The first-order chi connectivity index (χ1) is 5.37. The second-order valence-electron chi connectivity index (χ2n) is 2.17. The number of hydrogen-bond donors (Lipinski definition) is 0. The minimum atomic E-state index is -3.79. The van der Waals surface area contributed by atoms with Crippen LogP contribution in [0.1, 0.15) is 0 Å². The second kappa shape index (κ2) is 4.66. The van der Waals surface area contributed by atoms with Crippen LogP contribution in [-0.2, 0) is 14.3 Å². The third kappa shape index (κ3) is 5.36. The van der Waals surface area contributed by atoms with Crippen molar-refractivity contribution in [3.05, 3.63) is 0 Å². The van der Waals surface area contributed by atoms with Gasteiger partial charge in [0.05, 0.1) is 6.26 Å². The molecule has 0 rings (SSSR count). The van der Waals surface area contributed by atoms with Gasteiger partial charge in [-0.15, -0.1) is 0 Å². The molecule has 0 aliphatic heterocycles. The molecule has 0 aromatic carbocycles. The fourth-order valence-corrected chi connectivity index (χ4v) is 0.767. The molecule has 0 aliphatic carbocycles. The highest BCUT2D eigenvalue weighted by Gasteiger charge is 2.22. The van der Waals surface area contributed by atoms with Crippen molar-refractivity contribution in [3.63, 3.8) is 0 Å². The zero-order chi connectivity index (χ0) is 9.78. The molecule has 0 fully saturated rings. The predicted octanol–water partition coefficient (Wildman–Crippen LogP) is 0.608. The minimum Gasteiger partial charge on any atom is -0.267 e. The summed E-state index contributed by atoms with van der Waals surface area (Å²) >= 11 is 0. The molecule has 0 bridgehead atoms. The van der Waals surface area contributed by atoms with Crippen molar-refractivity contribution >= 4 is 10.1 Å². The molecule has 0 amide bonds. The standard InChI is InChI=1S/C5H9F3O3S/c1-12(9,10)11-3-5(8)4(7)2-6/h4-5H,2-3H2,1H3. The molecule has 74 valence electrons. The molecular formula is C5H9F3O3S. The SMILES string of the molecule is CS(=O)(=O)OCC(F)C(F)CF. The second-order valence-corrected chi connectivity index (χ2v) is 3.82. The summed E-state index contributed by atoms with van der Waals surface area (Å²) in [6.45, 7) is -2.47. The third-order valence-corrected chi connectivity index (χ3v) is 1.55. The van der Waals surface area contributed by atoms with E-state index in [2.05, 4.69) is 4.18 Å². The van der Waals surface area contributed by atoms with Gasteiger partial charge in [0.15, 0.2) is 12.3 Å². The van der Waals surface area contributed by atoms with Gasteiger partial charge in [-0.05, 0) is 0 Å². The normalized spacial score (nSPS) is 17.3. The Bertz CT molecular complexity index is 216. The van der Waals surface area contributed by atoms with E-state index in [9.17, 15) is 21.6 Å². The molecule has 0 spiro atoms. The lowest BCUT2D eigenvalue weighted by molar-refractivity contribution is 0.0943. The van der Waals surface area contributed by atoms with Crippen LogP contribution in [0.2, 0.25) is 0 Å². The van der Waals surface area contributed by atoms with Gasteiger partial charge in [0, 0.05) is 0 Å². The third-order valence-electron chi connectivity index (χ3n) is 0.981. The van der Waals surface area contributed by atoms with Gasteiger partial charge in [0.25, 0.3) is 10.1 Å². The highest BCUT2D eigenvalue weighted by Crippen LogP contribution is 2.06. The highest BCUT2D eigenvalue weighted by molar-refractivity contribution is 7.85. The summed E-state index contributed by atoms with van der Waals surface area (Å²) in [6.07, 6.45) is -3.88. The smallest absolute Gasteiger partial charge is 0.264 e. The number of rotatable bonds is 5. The van der Waals surface area contributed by atoms with E-state index in [0.717, 1.165) is 0 Å². The minimum absolute atomic E-state index is 0.697. The zero-order valence-corrected chi connectivity index (χ0v) is 7.15. The van der Waals surface area contributed by atoms with Crippen LogP contribution in [0.3, 0.4) is 0 Å². The topological polar surface area (TPSA) is 43.4 Å². The van der Waals surface area contributed by atoms with Crippen molar-refractivity contribution in [1.29, 1.82) is 0 Å². The molecule has 12 heavy (non-hydrogen) atoms. The van der Waals surface area contributed by atoms with E-state index in [1.165, 1.54) is 0 Å². The Balaban J connectivity index is 3.79. The molecule has 3 nitrogen and oxygen atoms in total. The Morgan fingerprint density at radius 2 is 1.83 bits per heavy atom. The molecule has 2 atom stereocenters. The van der Waals surface area contributed by atoms with Crippen molar-refractivity contribution < 1.29 is 25.8 Å². The van der Waals surface area contributed by atoms with Gasteiger partial charge in [-0.3, -0.25) is 4.18 Å². The summed E-state index contributed by atoms with van der Waals surface area (Å²) < 4.78 is 60.2. The molecule has 0 aliphatic rings. The Hall–Kier alpha value is -0.300. The summed E-state index contributed by atoms with van der Waals surface area (Å²) in [5.41, 5.74) is 0. The Morgan fingerprint density at radius 1 is 1.33 bits per heavy atom. The lowest BCUT2D eigenvalue weighted by Crippen LogP contribution is -2.25. The van der Waals surface area contributed by atoms with Crippen molar-refractivity contribution in [2.24, 2.45) is 0 Å². The zero-order valence-electron chi connectivity index (χ0n) is 6.34. The Kier molecular flexibility index (Phi) is 4.54. The first-order valence-corrected chi connectivity index (χ1v) is 4.87. The summed E-state index contributed by atoms with van der Waals surface area (Å²) in [4.78, 5) is 0. The molecule has 0 heterocycles. The van der Waals surface area contributed by atoms with Gasteiger partial charge in [0.1, 0.15) is 13.3 Å². The number of hydrogen-bond acceptors (Lipinski definition) is 3. The maximum absolute atomic E-state index is 12.3. The van der Waals surface area contributed by atoms with Crippen LogP contribution in [-0.4, -0.2) is 40.3 Å². The van der Waals surface area contributed by atoms with Crippen LogP contribution in [0.5, 0.6) is 0 Å². The van der Waals surface area contributed by atoms with Crippen LogP contribution in [0.25, 0.3) is 0 Å². The van der Waals surface area contributed by atoms with E-state index in [-0.39, 0.29) is 0 Å². The van der Waals surface area contributed by atoms with Crippen LogP contribution >= 0.6 is 0 Å². The van der Waals surface area contributed by atoms with E-state index in [1.54, 1.807) is 0 Å². The van der Waals surface area contributed by atoms with Gasteiger partial charge >= 0.3 is 0 Å². The van der Waals surface area contributed by atoms with E-state index in [0.29, 0.717) is 6.26 Å². The molecule has 0 radical (unpaired) electrons. The average Bonchev–Trinajstić information content (AvgIpc) is 1.97. The lowest BCUT2D eigenvalue weighted by atomic mass is 10.3. The molecule has 0 saturated carbocycles. The summed E-state index contributed by atoms with van der Waals surface area (Å²) in [5.74, 6) is 0. The van der Waals surface area contributed by atoms with Crippen molar-refractivity contribution in [2.45, 2.75) is 12.3 Å². The summed E-state index contributed by atoms with van der Waals surface area (Å²) in [6, 6.07) is 0. The van der Waals surface area contributed by atoms with Gasteiger partial charge in [-0.25, -0.2) is 13.2 Å². The predicted molar refractivity (Wildman–Crippen MR) is 36.6 cm³/mol. The van der Waals surface area contributed by atoms with Gasteiger partial charge in [-0.2, -0.15) is 8.42 Å². The maximum Gasteiger partial charge on any atom is 0.264 e. The Labute approximate surface area is 68.6 Å². The van der Waals surface area contributed by atoms with Crippen molar-refractivity contribution in [1.82, 2.24) is 0 Å². The maximum atomic E-state index is 12.3. The van der Waals surface area contributed by atoms with E-state index >= 15 is 0 Å². The molecule has 0 saturated heterocycles. The van der Waals surface area contributed by atoms with Crippen LogP contribution < -0.4 is 0 Å². The first-order valence-electron chi connectivity index (χ1n) is 3.05. The van der Waals surface area contributed by atoms with Gasteiger partial charge < -0.3 is 0 Å². The summed E-state index contributed by atoms with van der Waals surface area (Å²) in [5, 5.41) is 0. The van der Waals surface area contributed by atoms with Crippen LogP contribution in [0.4, 0.5) is 13.2 Å². The van der Waals surface area contributed by atoms with Gasteiger partial charge in [-0.1, -0.05) is 0 Å². The monoisotopic (exact) mass is 206 g/mol. The molecule has 0 aromatic heterocycles. The van der Waals surface area contributed by atoms with Crippen molar-refractivity contribution in [3.8, 4) is 0 Å². The highest BCUT2D eigenvalue weighted by atomic mass is 32.2. The average molecular weight is 206 g/mol. The molecule has 0 aromatic rings. The fourth-order valence-electron chi connectivity index (χ4n) is 0.390. The fraction of sp³-hybridized carbons (Fsp3) is 1.00. The van der Waals surface area contributed by atoms with E-state index < -0.39 is 35.7 Å². The number of halogens is 3. The van der Waals surface area contributed by atoms with E-state index in [1.807, 2.05) is 0 Å². The Morgan fingerprint density at radius 3 is 2.17 bits per heavy atom. The number of alkyl halides is 3. The van der Waals surface area contributed by atoms with Crippen LogP contribution in [0, 0.1) is 0 Å². The molecule has 2 unspecified atom stereocenters. The lowest BCUT2D eigenvalue weighted by Gasteiger charge is -2.08. The molecule has 0 N–H and O–H groups in total.